The smallest absolute Gasteiger partial charge is 0.339 e. The van der Waals surface area contributed by atoms with Gasteiger partial charge in [0.2, 0.25) is 6.10 Å². The highest BCUT2D eigenvalue weighted by Gasteiger charge is 2.25. The molecule has 0 bridgehead atoms. The van der Waals surface area contributed by atoms with E-state index >= 15 is 0 Å². The number of esters is 1. The zero-order valence-corrected chi connectivity index (χ0v) is 14.6. The van der Waals surface area contributed by atoms with Gasteiger partial charge >= 0.3 is 5.97 Å². The minimum atomic E-state index is -1.20. The summed E-state index contributed by atoms with van der Waals surface area (Å²) in [5.41, 5.74) is 1.49. The Kier molecular flexibility index (Phi) is 5.78. The number of nitrogens with zero attached hydrogens (tertiary/aromatic N) is 1. The van der Waals surface area contributed by atoms with E-state index in [0.29, 0.717) is 16.8 Å². The average Bonchev–Trinajstić information content (AvgIpc) is 2.74. The van der Waals surface area contributed by atoms with Gasteiger partial charge in [-0.1, -0.05) is 30.3 Å². The molecule has 28 heavy (non-hydrogen) atoms. The number of hydrogen-bond donors (Lipinski definition) is 1. The van der Waals surface area contributed by atoms with Gasteiger partial charge in [-0.2, -0.15) is 5.26 Å². The largest absolute Gasteiger partial charge is 0.444 e. The summed E-state index contributed by atoms with van der Waals surface area (Å²) in [6.45, 7) is 0. The third-order valence-corrected chi connectivity index (χ3v) is 3.93. The van der Waals surface area contributed by atoms with Crippen molar-refractivity contribution < 1.29 is 18.7 Å². The average molecular weight is 374 g/mol. The van der Waals surface area contributed by atoms with Crippen molar-refractivity contribution in [1.29, 1.82) is 5.26 Å². The van der Waals surface area contributed by atoms with Crippen molar-refractivity contribution in [2.45, 2.75) is 6.10 Å². The predicted octanol–water partition coefficient (Wildman–Crippen LogP) is 4.23. The molecule has 0 fully saturated rings. The molecule has 1 amide bonds. The number of amides is 1. The lowest BCUT2D eigenvalue weighted by molar-refractivity contribution is -0.125. The maximum absolute atomic E-state index is 13.1. The molecule has 0 saturated carbocycles. The summed E-state index contributed by atoms with van der Waals surface area (Å²) in [5.74, 6) is -1.70. The van der Waals surface area contributed by atoms with E-state index in [4.69, 9.17) is 10.00 Å². The molecule has 6 heteroatoms. The van der Waals surface area contributed by atoms with E-state index in [-0.39, 0.29) is 5.56 Å². The van der Waals surface area contributed by atoms with Crippen LogP contribution in [0.15, 0.2) is 78.9 Å². The molecule has 0 heterocycles. The van der Waals surface area contributed by atoms with Crippen LogP contribution in [-0.4, -0.2) is 11.9 Å². The normalized spacial score (nSPS) is 11.1. The van der Waals surface area contributed by atoms with Crippen molar-refractivity contribution in [3.8, 4) is 6.07 Å². The van der Waals surface area contributed by atoms with E-state index < -0.39 is 23.8 Å². The molecule has 1 atom stereocenters. The molecular formula is C22H15FN2O3. The first-order valence-corrected chi connectivity index (χ1v) is 8.39. The number of rotatable bonds is 5. The van der Waals surface area contributed by atoms with Gasteiger partial charge in [0.15, 0.2) is 0 Å². The van der Waals surface area contributed by atoms with E-state index in [2.05, 4.69) is 5.32 Å². The fourth-order valence-electron chi connectivity index (χ4n) is 2.50. The zero-order valence-electron chi connectivity index (χ0n) is 14.6. The number of carbonyl (C=O) groups excluding carboxylic acids is 2. The van der Waals surface area contributed by atoms with Crippen molar-refractivity contribution >= 4 is 17.6 Å². The summed E-state index contributed by atoms with van der Waals surface area (Å²) in [4.78, 5) is 25.2. The van der Waals surface area contributed by atoms with E-state index in [1.165, 1.54) is 48.5 Å². The molecule has 3 aromatic rings. The molecule has 0 unspecified atom stereocenters. The van der Waals surface area contributed by atoms with Gasteiger partial charge in [0.25, 0.3) is 5.91 Å². The van der Waals surface area contributed by atoms with E-state index in [1.54, 1.807) is 30.3 Å². The topological polar surface area (TPSA) is 79.2 Å². The summed E-state index contributed by atoms with van der Waals surface area (Å²) in [6, 6.07) is 21.7. The number of ether oxygens (including phenoxy) is 1. The minimum Gasteiger partial charge on any atom is -0.444 e. The van der Waals surface area contributed by atoms with Gasteiger partial charge in [-0.3, -0.25) is 4.79 Å². The number of carbonyl (C=O) groups is 2. The maximum atomic E-state index is 13.1. The zero-order chi connectivity index (χ0) is 19.9. The number of halogens is 1. The van der Waals surface area contributed by atoms with Crippen molar-refractivity contribution in [1.82, 2.24) is 0 Å². The minimum absolute atomic E-state index is 0.217. The van der Waals surface area contributed by atoms with Crippen LogP contribution in [0.1, 0.15) is 27.6 Å². The summed E-state index contributed by atoms with van der Waals surface area (Å²) in [5, 5.41) is 11.5. The lowest BCUT2D eigenvalue weighted by Gasteiger charge is -2.18. The van der Waals surface area contributed by atoms with Crippen molar-refractivity contribution in [2.24, 2.45) is 0 Å². The van der Waals surface area contributed by atoms with E-state index in [0.717, 1.165) is 0 Å². The molecule has 0 radical (unpaired) electrons. The fourth-order valence-corrected chi connectivity index (χ4v) is 2.50. The molecule has 5 nitrogen and oxygen atoms in total. The molecule has 3 aromatic carbocycles. The second-order valence-corrected chi connectivity index (χ2v) is 5.88. The molecule has 0 aliphatic carbocycles. The molecule has 0 aliphatic heterocycles. The summed E-state index contributed by atoms with van der Waals surface area (Å²) in [7, 11) is 0. The highest BCUT2D eigenvalue weighted by atomic mass is 19.1. The van der Waals surface area contributed by atoms with Crippen LogP contribution < -0.4 is 5.32 Å². The molecule has 0 saturated heterocycles. The Morgan fingerprint density at radius 3 is 2.18 bits per heavy atom. The first kappa shape index (κ1) is 18.8. The Bertz CT molecular complexity index is 1010. The summed E-state index contributed by atoms with van der Waals surface area (Å²) in [6.07, 6.45) is -1.20. The van der Waals surface area contributed by atoms with Crippen LogP contribution in [0.3, 0.4) is 0 Å². The third kappa shape index (κ3) is 4.59. The van der Waals surface area contributed by atoms with Crippen molar-refractivity contribution in [3.05, 3.63) is 101 Å². The first-order chi connectivity index (χ1) is 13.6. The van der Waals surface area contributed by atoms with Crippen LogP contribution in [0.2, 0.25) is 0 Å². The standard InChI is InChI=1S/C22H15FN2O3/c23-18-10-12-19(13-11-18)25-21(26)20(16-4-2-1-3-5-16)28-22(27)17-8-6-15(14-24)7-9-17/h1-13,20H,(H,25,26)/t20-/m1/s1. The van der Waals surface area contributed by atoms with Gasteiger partial charge in [-0.05, 0) is 48.5 Å². The van der Waals surface area contributed by atoms with Gasteiger partial charge in [-0.15, -0.1) is 0 Å². The van der Waals surface area contributed by atoms with Crippen molar-refractivity contribution in [2.75, 3.05) is 5.32 Å². The van der Waals surface area contributed by atoms with Gasteiger partial charge in [0, 0.05) is 11.3 Å². The third-order valence-electron chi connectivity index (χ3n) is 3.93. The molecule has 3 rings (SSSR count). The lowest BCUT2D eigenvalue weighted by atomic mass is 10.1. The van der Waals surface area contributed by atoms with Gasteiger partial charge in [-0.25, -0.2) is 9.18 Å². The Balaban J connectivity index is 1.82. The Morgan fingerprint density at radius 2 is 1.57 bits per heavy atom. The van der Waals surface area contributed by atoms with Gasteiger partial charge in [0.1, 0.15) is 5.82 Å². The second kappa shape index (κ2) is 8.60. The predicted molar refractivity (Wildman–Crippen MR) is 101 cm³/mol. The summed E-state index contributed by atoms with van der Waals surface area (Å²) < 4.78 is 18.5. The molecule has 1 N–H and O–H groups in total. The highest BCUT2D eigenvalue weighted by Crippen LogP contribution is 2.22. The van der Waals surface area contributed by atoms with Crippen LogP contribution in [0.25, 0.3) is 0 Å². The quantitative estimate of drug-likeness (QED) is 0.678. The second-order valence-electron chi connectivity index (χ2n) is 5.88. The summed E-state index contributed by atoms with van der Waals surface area (Å²) >= 11 is 0. The molecule has 0 aromatic heterocycles. The number of benzene rings is 3. The van der Waals surface area contributed by atoms with Crippen LogP contribution in [0.5, 0.6) is 0 Å². The van der Waals surface area contributed by atoms with Crippen LogP contribution >= 0.6 is 0 Å². The highest BCUT2D eigenvalue weighted by molar-refractivity contribution is 5.98. The number of hydrogen-bond acceptors (Lipinski definition) is 4. The molecular weight excluding hydrogens is 359 g/mol. The van der Waals surface area contributed by atoms with E-state index in [9.17, 15) is 14.0 Å². The maximum Gasteiger partial charge on any atom is 0.339 e. The van der Waals surface area contributed by atoms with Crippen LogP contribution in [0.4, 0.5) is 10.1 Å². The molecule has 138 valence electrons. The number of nitrogens with one attached hydrogen (secondary N) is 1. The number of anilines is 1. The number of nitriles is 1. The van der Waals surface area contributed by atoms with Crippen LogP contribution in [-0.2, 0) is 9.53 Å². The van der Waals surface area contributed by atoms with Crippen LogP contribution in [0, 0.1) is 17.1 Å². The fraction of sp³-hybridized carbons (Fsp3) is 0.0455. The molecule has 0 aliphatic rings. The van der Waals surface area contributed by atoms with Gasteiger partial charge in [0.05, 0.1) is 17.2 Å². The SMILES string of the molecule is N#Cc1ccc(C(=O)O[C@@H](C(=O)Nc2ccc(F)cc2)c2ccccc2)cc1. The Labute approximate surface area is 161 Å². The monoisotopic (exact) mass is 374 g/mol. The molecule has 0 spiro atoms. The Hall–Kier alpha value is -3.98. The lowest BCUT2D eigenvalue weighted by Crippen LogP contribution is -2.26. The first-order valence-electron chi connectivity index (χ1n) is 8.39. The van der Waals surface area contributed by atoms with E-state index in [1.807, 2.05) is 6.07 Å². The Morgan fingerprint density at radius 1 is 0.929 bits per heavy atom. The van der Waals surface area contributed by atoms with Gasteiger partial charge < -0.3 is 10.1 Å². The van der Waals surface area contributed by atoms with Crippen molar-refractivity contribution in [3.63, 3.8) is 0 Å².